The van der Waals surface area contributed by atoms with Gasteiger partial charge in [-0.2, -0.15) is 0 Å². The van der Waals surface area contributed by atoms with Gasteiger partial charge >= 0.3 is 5.69 Å². The number of nitrogens with one attached hydrogen (secondary N) is 1. The van der Waals surface area contributed by atoms with Crippen molar-refractivity contribution in [2.75, 3.05) is 20.0 Å². The van der Waals surface area contributed by atoms with E-state index >= 15 is 0 Å². The Bertz CT molecular complexity index is 628. The second kappa shape index (κ2) is 5.30. The summed E-state index contributed by atoms with van der Waals surface area (Å²) in [6.45, 7) is -4.02. The van der Waals surface area contributed by atoms with Crippen LogP contribution in [-0.4, -0.2) is 62.1 Å². The number of halogens is 2. The smallest absolute Gasteiger partial charge is 0.330 e. The van der Waals surface area contributed by atoms with Crippen LogP contribution in [-0.2, 0) is 4.74 Å². The number of hydrogen-bond donors (Lipinski definition) is 4. The first-order valence-electron chi connectivity index (χ1n) is 5.97. The Morgan fingerprint density at radius 3 is 2.52 bits per heavy atom. The van der Waals surface area contributed by atoms with E-state index in [2.05, 4.69) is 0 Å². The van der Waals surface area contributed by atoms with Crippen molar-refractivity contribution >= 4 is 0 Å². The van der Waals surface area contributed by atoms with Crippen LogP contribution in [0.1, 0.15) is 6.23 Å². The number of aromatic amines is 1. The van der Waals surface area contributed by atoms with E-state index in [1.165, 1.54) is 0 Å². The number of H-pyrrole nitrogens is 1. The first-order chi connectivity index (χ1) is 9.84. The van der Waals surface area contributed by atoms with Gasteiger partial charge < -0.3 is 20.1 Å². The van der Waals surface area contributed by atoms with E-state index in [1.54, 1.807) is 0 Å². The van der Waals surface area contributed by atoms with Gasteiger partial charge in [0.05, 0.1) is 6.61 Å². The highest BCUT2D eigenvalue weighted by atomic mass is 19.1. The molecule has 0 amide bonds. The van der Waals surface area contributed by atoms with Crippen LogP contribution in [0.3, 0.4) is 0 Å². The van der Waals surface area contributed by atoms with Crippen molar-refractivity contribution in [3.8, 4) is 0 Å². The van der Waals surface area contributed by atoms with Crippen molar-refractivity contribution in [3.05, 3.63) is 33.1 Å². The highest BCUT2D eigenvalue weighted by molar-refractivity contribution is 5.10. The van der Waals surface area contributed by atoms with Crippen LogP contribution in [0.25, 0.3) is 0 Å². The van der Waals surface area contributed by atoms with Gasteiger partial charge in [-0.05, 0) is 0 Å². The van der Waals surface area contributed by atoms with E-state index in [1.807, 2.05) is 4.98 Å². The molecule has 1 aromatic heterocycles. The topological polar surface area (TPSA) is 125 Å². The van der Waals surface area contributed by atoms with Gasteiger partial charge in [-0.25, -0.2) is 13.6 Å². The third-order valence-corrected chi connectivity index (χ3v) is 3.56. The predicted molar refractivity (Wildman–Crippen MR) is 64.2 cm³/mol. The molecule has 2 heterocycles. The van der Waals surface area contributed by atoms with E-state index in [0.717, 1.165) is 12.3 Å². The van der Waals surface area contributed by atoms with Crippen LogP contribution in [0.4, 0.5) is 8.78 Å². The Morgan fingerprint density at radius 2 is 2.05 bits per heavy atom. The first-order valence-corrected chi connectivity index (χ1v) is 5.97. The normalized spacial score (nSPS) is 36.0. The molecule has 0 spiro atoms. The lowest BCUT2D eigenvalue weighted by molar-refractivity contribution is -0.142. The molecule has 21 heavy (non-hydrogen) atoms. The summed E-state index contributed by atoms with van der Waals surface area (Å²) in [5.41, 5.74) is -6.70. The Hall–Kier alpha value is -1.62. The van der Waals surface area contributed by atoms with Gasteiger partial charge in [0.15, 0.2) is 17.4 Å². The Morgan fingerprint density at radius 1 is 1.38 bits per heavy atom. The van der Waals surface area contributed by atoms with Gasteiger partial charge in [-0.15, -0.1) is 0 Å². The first kappa shape index (κ1) is 15.8. The molecule has 2 rings (SSSR count). The molecule has 118 valence electrons. The maximum Gasteiger partial charge on any atom is 0.330 e. The number of rotatable bonds is 4. The van der Waals surface area contributed by atoms with Crippen molar-refractivity contribution in [1.29, 1.82) is 0 Å². The largest absolute Gasteiger partial charge is 0.393 e. The summed E-state index contributed by atoms with van der Waals surface area (Å²) in [7, 11) is 0. The molecule has 0 bridgehead atoms. The number of nitrogens with zero attached hydrogens (tertiary/aromatic N) is 1. The van der Waals surface area contributed by atoms with E-state index < -0.39 is 54.7 Å². The van der Waals surface area contributed by atoms with Gasteiger partial charge in [-0.3, -0.25) is 14.3 Å². The number of aromatic nitrogens is 2. The van der Waals surface area contributed by atoms with Crippen LogP contribution in [0, 0.1) is 0 Å². The van der Waals surface area contributed by atoms with E-state index in [-0.39, 0.29) is 0 Å². The highest BCUT2D eigenvalue weighted by Crippen LogP contribution is 2.44. The average Bonchev–Trinajstić information content (AvgIpc) is 2.70. The van der Waals surface area contributed by atoms with Crippen molar-refractivity contribution in [1.82, 2.24) is 9.55 Å². The molecule has 1 fully saturated rings. The molecule has 1 aliphatic heterocycles. The lowest BCUT2D eigenvalue weighted by Gasteiger charge is -2.30. The summed E-state index contributed by atoms with van der Waals surface area (Å²) >= 11 is 0. The highest BCUT2D eigenvalue weighted by Gasteiger charge is 2.64. The van der Waals surface area contributed by atoms with Gasteiger partial charge in [0.1, 0.15) is 19.5 Å². The van der Waals surface area contributed by atoms with E-state index in [4.69, 9.17) is 4.74 Å². The minimum Gasteiger partial charge on any atom is -0.393 e. The molecule has 0 saturated carbocycles. The molecule has 4 N–H and O–H groups in total. The summed E-state index contributed by atoms with van der Waals surface area (Å²) in [6.07, 6.45) is -3.02. The molecular weight excluding hydrogens is 294 g/mol. The number of aliphatic hydroxyl groups excluding tert-OH is 2. The molecule has 0 unspecified atom stereocenters. The lowest BCUT2D eigenvalue weighted by Crippen LogP contribution is -2.55. The summed E-state index contributed by atoms with van der Waals surface area (Å²) < 4.78 is 32.0. The zero-order chi connectivity index (χ0) is 15.8. The molecule has 8 nitrogen and oxygen atoms in total. The minimum atomic E-state index is -2.66. The number of hydrogen-bond acceptors (Lipinski definition) is 6. The summed E-state index contributed by atoms with van der Waals surface area (Å²) in [4.78, 5) is 24.5. The summed E-state index contributed by atoms with van der Waals surface area (Å²) in [6, 6.07) is 0.907. The molecule has 10 heteroatoms. The average molecular weight is 308 g/mol. The molecule has 0 radical (unpaired) electrons. The Balaban J connectivity index is 2.57. The van der Waals surface area contributed by atoms with Crippen molar-refractivity contribution in [2.45, 2.75) is 23.5 Å². The van der Waals surface area contributed by atoms with Gasteiger partial charge in [0.25, 0.3) is 5.56 Å². The van der Waals surface area contributed by atoms with Crippen molar-refractivity contribution in [3.63, 3.8) is 0 Å². The second-order valence-electron chi connectivity index (χ2n) is 4.87. The van der Waals surface area contributed by atoms with E-state index in [9.17, 15) is 33.7 Å². The van der Waals surface area contributed by atoms with Crippen molar-refractivity contribution < 1.29 is 28.8 Å². The van der Waals surface area contributed by atoms with Crippen molar-refractivity contribution in [2.24, 2.45) is 0 Å². The fourth-order valence-electron chi connectivity index (χ4n) is 2.30. The number of aliphatic hydroxyl groups is 3. The molecule has 4 atom stereocenters. The van der Waals surface area contributed by atoms with Gasteiger partial charge in [0.2, 0.25) is 0 Å². The van der Waals surface area contributed by atoms with E-state index in [0.29, 0.717) is 4.57 Å². The molecule has 0 aromatic carbocycles. The fourth-order valence-corrected chi connectivity index (χ4v) is 2.30. The van der Waals surface area contributed by atoms with Crippen LogP contribution in [0.15, 0.2) is 21.9 Å². The molecule has 1 aliphatic rings. The predicted octanol–water partition coefficient (Wildman–Crippen LogP) is -2.17. The van der Waals surface area contributed by atoms with Crippen LogP contribution in [0.5, 0.6) is 0 Å². The fraction of sp³-hybridized carbons (Fsp3) is 0.636. The molecule has 0 aliphatic carbocycles. The maximum absolute atomic E-state index is 13.2. The molecule has 1 saturated heterocycles. The number of ether oxygens (including phenoxy) is 1. The summed E-state index contributed by atoms with van der Waals surface area (Å²) in [5.74, 6) is 0. The Labute approximate surface area is 116 Å². The van der Waals surface area contributed by atoms with Crippen LogP contribution < -0.4 is 11.2 Å². The lowest BCUT2D eigenvalue weighted by atomic mass is 9.88. The maximum atomic E-state index is 13.2. The summed E-state index contributed by atoms with van der Waals surface area (Å²) in [5, 5.41) is 29.3. The third-order valence-electron chi connectivity index (χ3n) is 3.56. The van der Waals surface area contributed by atoms with Crippen LogP contribution >= 0.6 is 0 Å². The zero-order valence-electron chi connectivity index (χ0n) is 10.7. The quantitative estimate of drug-likeness (QED) is 0.501. The molecule has 1 aromatic rings. The SMILES string of the molecule is O=c1ccn([C@@H]2O[C@@](CO)(CF)[C@@H](O)[C@]2(O)CF)c(=O)[nH]1. The second-order valence-corrected chi connectivity index (χ2v) is 4.87. The molecular formula is C11H14F2N2O6. The number of alkyl halides is 2. The van der Waals surface area contributed by atoms with Crippen LogP contribution in [0.2, 0.25) is 0 Å². The minimum absolute atomic E-state index is 0.608. The van der Waals surface area contributed by atoms with Gasteiger partial charge in [0, 0.05) is 12.3 Å². The zero-order valence-corrected chi connectivity index (χ0v) is 10.7. The Kier molecular flexibility index (Phi) is 3.97. The monoisotopic (exact) mass is 308 g/mol. The third kappa shape index (κ3) is 2.20. The standard InChI is InChI=1S/C11H14F2N2O6/c12-3-10(5-16)7(18)11(20,4-13)8(21-10)15-2-1-6(17)14-9(15)19/h1-2,7-8,16,18,20H,3-5H2,(H,14,17,19)/t7-,8-,10-,11-/m1/s1. The van der Waals surface area contributed by atoms with Gasteiger partial charge in [-0.1, -0.05) is 0 Å².